The van der Waals surface area contributed by atoms with Crippen LogP contribution < -0.4 is 5.73 Å². The molecule has 18 heavy (non-hydrogen) atoms. The second-order valence-corrected chi connectivity index (χ2v) is 6.90. The summed E-state index contributed by atoms with van der Waals surface area (Å²) < 4.78 is 5.46. The van der Waals surface area contributed by atoms with Crippen LogP contribution in [0.5, 0.6) is 0 Å². The van der Waals surface area contributed by atoms with Crippen LogP contribution in [0.2, 0.25) is 0 Å². The number of likely N-dealkylation sites (tertiary alicyclic amines) is 1. The summed E-state index contributed by atoms with van der Waals surface area (Å²) in [6.45, 7) is 9.55. The molecule has 1 saturated carbocycles. The fraction of sp³-hybridized carbons (Fsp3) is 0.929. The van der Waals surface area contributed by atoms with Crippen molar-refractivity contribution >= 4 is 6.09 Å². The highest BCUT2D eigenvalue weighted by Gasteiger charge is 2.49. The highest BCUT2D eigenvalue weighted by molar-refractivity contribution is 5.68. The number of carbonyl (C=O) groups excluding carboxylic acids is 1. The van der Waals surface area contributed by atoms with Gasteiger partial charge in [-0.3, -0.25) is 0 Å². The number of hydrogen-bond donors (Lipinski definition) is 1. The Kier molecular flexibility index (Phi) is 3.58. The summed E-state index contributed by atoms with van der Waals surface area (Å²) in [6, 6.07) is 0.229. The molecular formula is C14H26N2O2. The molecule has 1 amide bonds. The third-order valence-corrected chi connectivity index (χ3v) is 4.19. The molecule has 0 spiro atoms. The van der Waals surface area contributed by atoms with Gasteiger partial charge in [0, 0.05) is 19.1 Å². The van der Waals surface area contributed by atoms with Crippen molar-refractivity contribution in [2.24, 2.45) is 23.5 Å². The maximum Gasteiger partial charge on any atom is 0.410 e. The Morgan fingerprint density at radius 3 is 2.61 bits per heavy atom. The number of amides is 1. The normalized spacial score (nSPS) is 36.4. The maximum absolute atomic E-state index is 12.1. The van der Waals surface area contributed by atoms with E-state index in [1.165, 1.54) is 0 Å². The van der Waals surface area contributed by atoms with E-state index in [4.69, 9.17) is 10.5 Å². The van der Waals surface area contributed by atoms with Crippen molar-refractivity contribution < 1.29 is 9.53 Å². The van der Waals surface area contributed by atoms with Crippen molar-refractivity contribution in [2.45, 2.75) is 52.2 Å². The molecule has 2 aliphatic rings. The third-order valence-electron chi connectivity index (χ3n) is 4.19. The van der Waals surface area contributed by atoms with Crippen LogP contribution in [0.25, 0.3) is 0 Å². The molecular weight excluding hydrogens is 228 g/mol. The zero-order valence-electron chi connectivity index (χ0n) is 12.0. The van der Waals surface area contributed by atoms with Gasteiger partial charge in [0.1, 0.15) is 5.60 Å². The molecule has 4 nitrogen and oxygen atoms in total. The third kappa shape index (κ3) is 3.16. The largest absolute Gasteiger partial charge is 0.444 e. The van der Waals surface area contributed by atoms with Gasteiger partial charge in [0.05, 0.1) is 0 Å². The summed E-state index contributed by atoms with van der Waals surface area (Å²) in [6.07, 6.45) is 1.82. The molecule has 1 aliphatic carbocycles. The summed E-state index contributed by atoms with van der Waals surface area (Å²) in [4.78, 5) is 14.0. The number of nitrogens with two attached hydrogens (primary N) is 1. The van der Waals surface area contributed by atoms with Gasteiger partial charge in [-0.15, -0.1) is 0 Å². The minimum atomic E-state index is -0.421. The average Bonchev–Trinajstić information content (AvgIpc) is 2.75. The fourth-order valence-electron chi connectivity index (χ4n) is 2.95. The predicted molar refractivity (Wildman–Crippen MR) is 71.2 cm³/mol. The van der Waals surface area contributed by atoms with Crippen LogP contribution in [0.3, 0.4) is 0 Å². The molecule has 1 unspecified atom stereocenters. The number of carbonyl (C=O) groups is 1. The van der Waals surface area contributed by atoms with Crippen LogP contribution in [-0.4, -0.2) is 35.7 Å². The van der Waals surface area contributed by atoms with Crippen molar-refractivity contribution in [1.82, 2.24) is 4.90 Å². The van der Waals surface area contributed by atoms with E-state index >= 15 is 0 Å². The molecule has 0 bridgehead atoms. The second kappa shape index (κ2) is 4.72. The Hall–Kier alpha value is -0.770. The van der Waals surface area contributed by atoms with E-state index in [1.54, 1.807) is 0 Å². The molecule has 4 heteroatoms. The smallest absolute Gasteiger partial charge is 0.410 e. The van der Waals surface area contributed by atoms with Gasteiger partial charge in [0.15, 0.2) is 0 Å². The van der Waals surface area contributed by atoms with Crippen LogP contribution in [0.4, 0.5) is 4.79 Å². The highest BCUT2D eigenvalue weighted by atomic mass is 16.6. The lowest BCUT2D eigenvalue weighted by Crippen LogP contribution is -2.41. The SMILES string of the molecule is C[C@@H]1C2CN(C(=O)OC(C)(C)C)CC[C@@H](N)C[C@@H]21. The Morgan fingerprint density at radius 2 is 2.00 bits per heavy atom. The van der Waals surface area contributed by atoms with Crippen molar-refractivity contribution in [3.05, 3.63) is 0 Å². The molecule has 104 valence electrons. The Morgan fingerprint density at radius 1 is 1.33 bits per heavy atom. The van der Waals surface area contributed by atoms with Gasteiger partial charge in [-0.25, -0.2) is 4.79 Å². The van der Waals surface area contributed by atoms with Gasteiger partial charge >= 0.3 is 6.09 Å². The summed E-state index contributed by atoms with van der Waals surface area (Å²) in [7, 11) is 0. The lowest BCUT2D eigenvalue weighted by Gasteiger charge is -2.29. The number of ether oxygens (including phenoxy) is 1. The van der Waals surface area contributed by atoms with E-state index < -0.39 is 5.60 Å². The first-order valence-corrected chi connectivity index (χ1v) is 7.01. The lowest BCUT2D eigenvalue weighted by molar-refractivity contribution is 0.0223. The topological polar surface area (TPSA) is 55.6 Å². The molecule has 4 atom stereocenters. The van der Waals surface area contributed by atoms with E-state index in [-0.39, 0.29) is 12.1 Å². The number of rotatable bonds is 0. The summed E-state index contributed by atoms with van der Waals surface area (Å²) in [5.74, 6) is 2.05. The molecule has 1 aliphatic heterocycles. The quantitative estimate of drug-likeness (QED) is 0.721. The fourth-order valence-corrected chi connectivity index (χ4v) is 2.95. The van der Waals surface area contributed by atoms with Crippen LogP contribution >= 0.6 is 0 Å². The molecule has 2 fully saturated rings. The molecule has 1 heterocycles. The van der Waals surface area contributed by atoms with E-state index in [0.717, 1.165) is 25.9 Å². The standard InChI is InChI=1S/C14H26N2O2/c1-9-11-7-10(15)5-6-16(8-12(9)11)13(17)18-14(2,3)4/h9-12H,5-8,15H2,1-4H3/t9-,10+,11+,12?/m0/s1. The number of nitrogens with zero attached hydrogens (tertiary/aromatic N) is 1. The van der Waals surface area contributed by atoms with E-state index in [2.05, 4.69) is 6.92 Å². The average molecular weight is 254 g/mol. The van der Waals surface area contributed by atoms with Gasteiger partial charge in [-0.2, -0.15) is 0 Å². The van der Waals surface area contributed by atoms with E-state index in [0.29, 0.717) is 17.8 Å². The summed E-state index contributed by atoms with van der Waals surface area (Å²) >= 11 is 0. The Balaban J connectivity index is 1.97. The first-order chi connectivity index (χ1) is 8.28. The maximum atomic E-state index is 12.1. The van der Waals surface area contributed by atoms with E-state index in [1.807, 2.05) is 25.7 Å². The predicted octanol–water partition coefficient (Wildman–Crippen LogP) is 2.23. The second-order valence-electron chi connectivity index (χ2n) is 6.90. The minimum absolute atomic E-state index is 0.186. The van der Waals surface area contributed by atoms with Crippen LogP contribution in [0.15, 0.2) is 0 Å². The summed E-state index contributed by atoms with van der Waals surface area (Å²) in [5.41, 5.74) is 5.67. The van der Waals surface area contributed by atoms with Crippen molar-refractivity contribution in [1.29, 1.82) is 0 Å². The van der Waals surface area contributed by atoms with Crippen molar-refractivity contribution in [3.8, 4) is 0 Å². The minimum Gasteiger partial charge on any atom is -0.444 e. The van der Waals surface area contributed by atoms with Crippen LogP contribution in [-0.2, 0) is 4.74 Å². The molecule has 2 rings (SSSR count). The van der Waals surface area contributed by atoms with Crippen LogP contribution in [0, 0.1) is 17.8 Å². The molecule has 0 aromatic carbocycles. The zero-order valence-corrected chi connectivity index (χ0v) is 12.0. The monoisotopic (exact) mass is 254 g/mol. The van der Waals surface area contributed by atoms with Gasteiger partial charge < -0.3 is 15.4 Å². The lowest BCUT2D eigenvalue weighted by atomic mass is 10.0. The molecule has 0 aromatic rings. The molecule has 0 aromatic heterocycles. The van der Waals surface area contributed by atoms with Gasteiger partial charge in [0.25, 0.3) is 0 Å². The zero-order chi connectivity index (χ0) is 13.5. The molecule has 2 N–H and O–H groups in total. The van der Waals surface area contributed by atoms with Gasteiger partial charge in [-0.05, 0) is 51.4 Å². The number of hydrogen-bond acceptors (Lipinski definition) is 3. The number of fused-ring (bicyclic) bond motifs is 1. The van der Waals surface area contributed by atoms with Gasteiger partial charge in [0.2, 0.25) is 0 Å². The summed E-state index contributed by atoms with van der Waals surface area (Å²) in [5, 5.41) is 0. The van der Waals surface area contributed by atoms with Crippen LogP contribution in [0.1, 0.15) is 40.5 Å². The van der Waals surface area contributed by atoms with E-state index in [9.17, 15) is 4.79 Å². The highest BCUT2D eigenvalue weighted by Crippen LogP contribution is 2.50. The first kappa shape index (κ1) is 13.7. The van der Waals surface area contributed by atoms with Crippen molar-refractivity contribution in [2.75, 3.05) is 13.1 Å². The Labute approximate surface area is 110 Å². The first-order valence-electron chi connectivity index (χ1n) is 7.01. The molecule has 1 saturated heterocycles. The van der Waals surface area contributed by atoms with Crippen molar-refractivity contribution in [3.63, 3.8) is 0 Å². The Bertz CT molecular complexity index is 324. The van der Waals surface area contributed by atoms with Gasteiger partial charge in [-0.1, -0.05) is 6.92 Å². The molecule has 0 radical (unpaired) electrons.